The Morgan fingerprint density at radius 3 is 2.54 bits per heavy atom. The third-order valence-electron chi connectivity index (χ3n) is 4.02. The highest BCUT2D eigenvalue weighted by Crippen LogP contribution is 2.24. The largest absolute Gasteiger partial charge is 0.353 e. The topological polar surface area (TPSA) is 73.8 Å². The lowest BCUT2D eigenvalue weighted by Crippen LogP contribution is -2.47. The number of aromatic amines is 1. The summed E-state index contributed by atoms with van der Waals surface area (Å²) in [5, 5.41) is 0.224. The molecule has 126 valence electrons. The third kappa shape index (κ3) is 3.09. The summed E-state index contributed by atoms with van der Waals surface area (Å²) in [6.45, 7) is 5.47. The molecule has 0 atom stereocenters. The van der Waals surface area contributed by atoms with E-state index in [0.717, 1.165) is 49.0 Å². The highest BCUT2D eigenvalue weighted by molar-refractivity contribution is 6.28. The van der Waals surface area contributed by atoms with Crippen LogP contribution in [0, 0.1) is 6.92 Å². The molecule has 0 unspecified atom stereocenters. The fraction of sp³-hybridized carbons (Fsp3) is 0.333. The van der Waals surface area contributed by atoms with Crippen molar-refractivity contribution in [1.29, 1.82) is 0 Å². The molecule has 0 spiro atoms. The molecule has 4 rings (SSSR count). The van der Waals surface area contributed by atoms with Crippen molar-refractivity contribution >= 4 is 46.8 Å². The summed E-state index contributed by atoms with van der Waals surface area (Å²) in [4.78, 5) is 24.9. The molecule has 1 saturated heterocycles. The molecule has 0 aromatic carbocycles. The maximum atomic E-state index is 6.02. The summed E-state index contributed by atoms with van der Waals surface area (Å²) < 4.78 is 0. The second kappa shape index (κ2) is 6.78. The first-order chi connectivity index (χ1) is 11.2. The zero-order valence-corrected chi connectivity index (χ0v) is 14.7. The molecular formula is C15H17Cl2N7. The Kier molecular flexibility index (Phi) is 4.73. The number of pyridine rings is 1. The number of hydrogen-bond donors (Lipinski definition) is 1. The summed E-state index contributed by atoms with van der Waals surface area (Å²) in [6.07, 6.45) is 1.62. The van der Waals surface area contributed by atoms with Gasteiger partial charge in [-0.1, -0.05) is 6.07 Å². The van der Waals surface area contributed by atoms with Crippen LogP contribution in [0.15, 0.2) is 24.5 Å². The molecule has 1 aliphatic heterocycles. The Morgan fingerprint density at radius 1 is 1.04 bits per heavy atom. The molecule has 24 heavy (non-hydrogen) atoms. The Morgan fingerprint density at radius 2 is 1.79 bits per heavy atom. The smallest absolute Gasteiger partial charge is 0.226 e. The fourth-order valence-corrected chi connectivity index (χ4v) is 3.03. The van der Waals surface area contributed by atoms with Crippen LogP contribution < -0.4 is 9.80 Å². The van der Waals surface area contributed by atoms with Crippen LogP contribution in [-0.2, 0) is 0 Å². The molecule has 0 aliphatic carbocycles. The first-order valence-corrected chi connectivity index (χ1v) is 7.89. The third-order valence-corrected chi connectivity index (χ3v) is 4.19. The number of piperazine rings is 1. The zero-order chi connectivity index (χ0) is 15.8. The molecule has 1 fully saturated rings. The van der Waals surface area contributed by atoms with Crippen LogP contribution in [0.2, 0.25) is 5.28 Å². The molecule has 0 saturated carbocycles. The second-order valence-electron chi connectivity index (χ2n) is 5.53. The first-order valence-electron chi connectivity index (χ1n) is 7.51. The van der Waals surface area contributed by atoms with Gasteiger partial charge >= 0.3 is 0 Å². The van der Waals surface area contributed by atoms with E-state index in [-0.39, 0.29) is 17.7 Å². The average Bonchev–Trinajstić information content (AvgIpc) is 3.02. The number of anilines is 2. The van der Waals surface area contributed by atoms with Gasteiger partial charge in [0.15, 0.2) is 11.5 Å². The number of fused-ring (bicyclic) bond motifs is 1. The van der Waals surface area contributed by atoms with E-state index in [9.17, 15) is 0 Å². The van der Waals surface area contributed by atoms with Gasteiger partial charge in [0.05, 0.1) is 6.33 Å². The van der Waals surface area contributed by atoms with Crippen LogP contribution in [0.25, 0.3) is 11.2 Å². The van der Waals surface area contributed by atoms with E-state index in [1.165, 1.54) is 0 Å². The van der Waals surface area contributed by atoms with Crippen LogP contribution in [-0.4, -0.2) is 51.1 Å². The Bertz CT molecular complexity index is 843. The van der Waals surface area contributed by atoms with Gasteiger partial charge in [-0.15, -0.1) is 12.4 Å². The van der Waals surface area contributed by atoms with E-state index >= 15 is 0 Å². The van der Waals surface area contributed by atoms with Crippen molar-refractivity contribution in [1.82, 2.24) is 24.9 Å². The molecule has 7 nitrogen and oxygen atoms in total. The van der Waals surface area contributed by atoms with Crippen molar-refractivity contribution in [2.75, 3.05) is 36.0 Å². The summed E-state index contributed by atoms with van der Waals surface area (Å²) in [5.41, 5.74) is 2.46. The van der Waals surface area contributed by atoms with Crippen LogP contribution in [0.4, 0.5) is 11.6 Å². The zero-order valence-electron chi connectivity index (χ0n) is 13.1. The highest BCUT2D eigenvalue weighted by atomic mass is 35.5. The van der Waals surface area contributed by atoms with Crippen LogP contribution in [0.3, 0.4) is 0 Å². The fourth-order valence-electron chi connectivity index (χ4n) is 2.87. The van der Waals surface area contributed by atoms with Gasteiger partial charge in [0, 0.05) is 31.9 Å². The summed E-state index contributed by atoms with van der Waals surface area (Å²) in [7, 11) is 0. The van der Waals surface area contributed by atoms with Crippen molar-refractivity contribution in [2.45, 2.75) is 6.92 Å². The molecule has 0 bridgehead atoms. The SMILES string of the molecule is Cc1cccc(N2CCN(c3nc(Cl)nc4nc[nH]c34)CC2)n1.Cl. The Balaban J connectivity index is 0.00000169. The quantitative estimate of drug-likeness (QED) is 0.703. The number of nitrogens with zero attached hydrogens (tertiary/aromatic N) is 6. The van der Waals surface area contributed by atoms with Gasteiger partial charge in [-0.2, -0.15) is 9.97 Å². The lowest BCUT2D eigenvalue weighted by molar-refractivity contribution is 0.642. The minimum Gasteiger partial charge on any atom is -0.353 e. The molecule has 0 amide bonds. The normalized spacial score (nSPS) is 14.8. The summed E-state index contributed by atoms with van der Waals surface area (Å²) >= 11 is 6.02. The monoisotopic (exact) mass is 365 g/mol. The van der Waals surface area contributed by atoms with Crippen molar-refractivity contribution < 1.29 is 0 Å². The number of H-pyrrole nitrogens is 1. The summed E-state index contributed by atoms with van der Waals surface area (Å²) in [6, 6.07) is 6.11. The number of halogens is 2. The molecule has 4 heterocycles. The van der Waals surface area contributed by atoms with Crippen LogP contribution >= 0.6 is 24.0 Å². The van der Waals surface area contributed by atoms with Crippen molar-refractivity contribution in [2.24, 2.45) is 0 Å². The predicted octanol–water partition coefficient (Wildman–Crippen LogP) is 2.46. The number of imidazole rings is 1. The lowest BCUT2D eigenvalue weighted by Gasteiger charge is -2.36. The molecule has 3 aromatic rings. The minimum absolute atomic E-state index is 0. The van der Waals surface area contributed by atoms with Gasteiger partial charge in [-0.3, -0.25) is 0 Å². The molecule has 9 heteroatoms. The number of nitrogens with one attached hydrogen (secondary N) is 1. The van der Waals surface area contributed by atoms with E-state index < -0.39 is 0 Å². The van der Waals surface area contributed by atoms with Crippen molar-refractivity contribution in [3.63, 3.8) is 0 Å². The maximum Gasteiger partial charge on any atom is 0.226 e. The van der Waals surface area contributed by atoms with Gasteiger partial charge in [0.2, 0.25) is 5.28 Å². The van der Waals surface area contributed by atoms with Gasteiger partial charge in [0.1, 0.15) is 11.3 Å². The molecule has 3 aromatic heterocycles. The van der Waals surface area contributed by atoms with E-state index in [1.54, 1.807) is 6.33 Å². The molecule has 1 aliphatic rings. The maximum absolute atomic E-state index is 6.02. The molecular weight excluding hydrogens is 349 g/mol. The van der Waals surface area contributed by atoms with Crippen molar-refractivity contribution in [3.8, 4) is 0 Å². The minimum atomic E-state index is 0. The molecule has 0 radical (unpaired) electrons. The van der Waals surface area contributed by atoms with E-state index in [4.69, 9.17) is 11.6 Å². The predicted molar refractivity (Wildman–Crippen MR) is 97.3 cm³/mol. The Labute approximate surface area is 150 Å². The van der Waals surface area contributed by atoms with Crippen molar-refractivity contribution in [3.05, 3.63) is 35.5 Å². The average molecular weight is 366 g/mol. The number of aromatic nitrogens is 5. The lowest BCUT2D eigenvalue weighted by atomic mass is 10.3. The van der Waals surface area contributed by atoms with Gasteiger partial charge in [0.25, 0.3) is 0 Å². The van der Waals surface area contributed by atoms with E-state index in [0.29, 0.717) is 5.65 Å². The number of rotatable bonds is 2. The standard InChI is InChI=1S/C15H16ClN7.ClH/c1-10-3-2-4-11(19-10)22-5-7-23(8-6-22)14-12-13(18-9-17-12)20-15(16)21-14;/h2-4,9H,5-8H2,1H3,(H,17,18,20,21);1H. The van der Waals surface area contributed by atoms with Gasteiger partial charge < -0.3 is 14.8 Å². The second-order valence-corrected chi connectivity index (χ2v) is 5.87. The Hall–Kier alpha value is -2.12. The first kappa shape index (κ1) is 16.7. The number of hydrogen-bond acceptors (Lipinski definition) is 6. The summed E-state index contributed by atoms with van der Waals surface area (Å²) in [5.74, 6) is 1.84. The molecule has 1 N–H and O–H groups in total. The van der Waals surface area contributed by atoms with E-state index in [1.807, 2.05) is 19.1 Å². The van der Waals surface area contributed by atoms with Gasteiger partial charge in [-0.05, 0) is 30.7 Å². The van der Waals surface area contributed by atoms with Crippen LogP contribution in [0.1, 0.15) is 5.69 Å². The highest BCUT2D eigenvalue weighted by Gasteiger charge is 2.22. The van der Waals surface area contributed by atoms with Crippen LogP contribution in [0.5, 0.6) is 0 Å². The van der Waals surface area contributed by atoms with E-state index in [2.05, 4.69) is 40.8 Å². The van der Waals surface area contributed by atoms with Gasteiger partial charge in [-0.25, -0.2) is 9.97 Å². The number of aryl methyl sites for hydroxylation is 1.